The first kappa shape index (κ1) is 12.1. The van der Waals surface area contributed by atoms with E-state index < -0.39 is 0 Å². The molecule has 1 saturated heterocycles. The number of likely N-dealkylation sites (tertiary alicyclic amines) is 1. The van der Waals surface area contributed by atoms with Crippen molar-refractivity contribution in [2.24, 2.45) is 0 Å². The molecule has 2 rings (SSSR count). The maximum Gasteiger partial charge on any atom is 0.146 e. The van der Waals surface area contributed by atoms with E-state index >= 15 is 0 Å². The normalized spacial score (nSPS) is 17.1. The van der Waals surface area contributed by atoms with Gasteiger partial charge in [0.15, 0.2) is 0 Å². The van der Waals surface area contributed by atoms with Gasteiger partial charge in [0.2, 0.25) is 0 Å². The molecule has 0 aliphatic carbocycles. The van der Waals surface area contributed by atoms with Crippen LogP contribution in [0, 0.1) is 0 Å². The Morgan fingerprint density at radius 2 is 2.29 bits per heavy atom. The van der Waals surface area contributed by atoms with Crippen LogP contribution in [0.2, 0.25) is 0 Å². The molecule has 0 bridgehead atoms. The lowest BCUT2D eigenvalue weighted by Crippen LogP contribution is -2.36. The van der Waals surface area contributed by atoms with Gasteiger partial charge < -0.3 is 4.74 Å². The molecule has 0 aromatic heterocycles. The number of ether oxygens (including phenoxy) is 1. The maximum absolute atomic E-state index is 11.3. The highest BCUT2D eigenvalue weighted by molar-refractivity contribution is 5.81. The summed E-state index contributed by atoms with van der Waals surface area (Å²) in [5.74, 6) is 1.28. The monoisotopic (exact) mass is 233 g/mol. The molecule has 0 unspecified atom stereocenters. The van der Waals surface area contributed by atoms with Crippen molar-refractivity contribution in [3.63, 3.8) is 0 Å². The van der Waals surface area contributed by atoms with Crippen molar-refractivity contribution in [2.45, 2.75) is 19.3 Å². The summed E-state index contributed by atoms with van der Waals surface area (Å²) in [5, 5.41) is 0. The van der Waals surface area contributed by atoms with Gasteiger partial charge in [0.05, 0.1) is 13.7 Å². The topological polar surface area (TPSA) is 29.5 Å². The van der Waals surface area contributed by atoms with E-state index in [0.29, 0.717) is 12.3 Å². The average molecular weight is 233 g/mol. The number of Topliss-reactive ketones (excluding diaryl/α,β-unsaturated/α-hetero) is 1. The number of rotatable bonds is 4. The fourth-order valence-electron chi connectivity index (χ4n) is 2.21. The predicted molar refractivity (Wildman–Crippen MR) is 67.4 cm³/mol. The van der Waals surface area contributed by atoms with Gasteiger partial charge in [-0.05, 0) is 37.1 Å². The lowest BCUT2D eigenvalue weighted by atomic mass is 10.1. The third-order valence-electron chi connectivity index (χ3n) is 3.18. The van der Waals surface area contributed by atoms with E-state index in [2.05, 4.69) is 17.0 Å². The first-order valence-corrected chi connectivity index (χ1v) is 6.15. The molecule has 1 aliphatic heterocycles. The van der Waals surface area contributed by atoms with Crippen molar-refractivity contribution in [1.29, 1.82) is 0 Å². The fraction of sp³-hybridized carbons (Fsp3) is 0.500. The van der Waals surface area contributed by atoms with Gasteiger partial charge in [-0.3, -0.25) is 9.69 Å². The standard InChI is InChI=1S/C14H19NO2/c1-17-14-6-2-4-12(10-14)7-9-15-8-3-5-13(16)11-15/h2,4,6,10H,3,5,7-9,11H2,1H3. The summed E-state index contributed by atoms with van der Waals surface area (Å²) in [6.07, 6.45) is 2.75. The van der Waals surface area contributed by atoms with Gasteiger partial charge in [-0.1, -0.05) is 12.1 Å². The van der Waals surface area contributed by atoms with Crippen LogP contribution in [-0.4, -0.2) is 37.4 Å². The summed E-state index contributed by atoms with van der Waals surface area (Å²) >= 11 is 0. The molecule has 92 valence electrons. The lowest BCUT2D eigenvalue weighted by Gasteiger charge is -2.25. The summed E-state index contributed by atoms with van der Waals surface area (Å²) in [4.78, 5) is 13.6. The highest BCUT2D eigenvalue weighted by Gasteiger charge is 2.15. The SMILES string of the molecule is COc1cccc(CCN2CCCC(=O)C2)c1. The van der Waals surface area contributed by atoms with Crippen LogP contribution in [0.5, 0.6) is 5.75 Å². The van der Waals surface area contributed by atoms with Crippen LogP contribution in [0.25, 0.3) is 0 Å². The predicted octanol–water partition coefficient (Wildman–Crippen LogP) is 1.90. The van der Waals surface area contributed by atoms with E-state index in [-0.39, 0.29) is 0 Å². The van der Waals surface area contributed by atoms with Gasteiger partial charge in [0, 0.05) is 13.0 Å². The molecule has 3 heteroatoms. The molecule has 0 radical (unpaired) electrons. The lowest BCUT2D eigenvalue weighted by molar-refractivity contribution is -0.122. The second-order valence-electron chi connectivity index (χ2n) is 4.52. The van der Waals surface area contributed by atoms with E-state index in [0.717, 1.165) is 38.1 Å². The minimum Gasteiger partial charge on any atom is -0.497 e. The van der Waals surface area contributed by atoms with Crippen LogP contribution in [0.15, 0.2) is 24.3 Å². The van der Waals surface area contributed by atoms with E-state index in [4.69, 9.17) is 4.74 Å². The minimum atomic E-state index is 0.377. The Bertz CT molecular complexity index is 390. The van der Waals surface area contributed by atoms with Gasteiger partial charge in [0.25, 0.3) is 0 Å². The molecule has 0 atom stereocenters. The molecule has 0 N–H and O–H groups in total. The van der Waals surface area contributed by atoms with Crippen LogP contribution in [0.3, 0.4) is 0 Å². The second kappa shape index (κ2) is 5.82. The summed E-state index contributed by atoms with van der Waals surface area (Å²) in [6, 6.07) is 8.13. The van der Waals surface area contributed by atoms with Gasteiger partial charge in [0.1, 0.15) is 11.5 Å². The Morgan fingerprint density at radius 3 is 3.06 bits per heavy atom. The van der Waals surface area contributed by atoms with Crippen molar-refractivity contribution in [3.8, 4) is 5.75 Å². The Morgan fingerprint density at radius 1 is 1.41 bits per heavy atom. The summed E-state index contributed by atoms with van der Waals surface area (Å²) in [7, 11) is 1.68. The first-order chi connectivity index (χ1) is 8.28. The third-order valence-corrected chi connectivity index (χ3v) is 3.18. The zero-order valence-corrected chi connectivity index (χ0v) is 10.3. The summed E-state index contributed by atoms with van der Waals surface area (Å²) < 4.78 is 5.20. The van der Waals surface area contributed by atoms with E-state index in [1.165, 1.54) is 5.56 Å². The summed E-state index contributed by atoms with van der Waals surface area (Å²) in [5.41, 5.74) is 1.27. The molecule has 1 fully saturated rings. The highest BCUT2D eigenvalue weighted by atomic mass is 16.5. The molecule has 1 heterocycles. The Balaban J connectivity index is 1.86. The van der Waals surface area contributed by atoms with Gasteiger partial charge in [-0.25, -0.2) is 0 Å². The zero-order valence-electron chi connectivity index (χ0n) is 10.3. The number of carbonyl (C=O) groups is 1. The molecule has 17 heavy (non-hydrogen) atoms. The fourth-order valence-corrected chi connectivity index (χ4v) is 2.21. The molecule has 0 amide bonds. The zero-order chi connectivity index (χ0) is 12.1. The molecular formula is C14H19NO2. The van der Waals surface area contributed by atoms with Gasteiger partial charge in [-0.2, -0.15) is 0 Å². The van der Waals surface area contributed by atoms with Crippen LogP contribution in [0.4, 0.5) is 0 Å². The summed E-state index contributed by atoms with van der Waals surface area (Å²) in [6.45, 7) is 2.64. The van der Waals surface area contributed by atoms with Gasteiger partial charge in [-0.15, -0.1) is 0 Å². The van der Waals surface area contributed by atoms with Crippen LogP contribution in [0.1, 0.15) is 18.4 Å². The minimum absolute atomic E-state index is 0.377. The van der Waals surface area contributed by atoms with Crippen molar-refractivity contribution in [2.75, 3.05) is 26.7 Å². The molecular weight excluding hydrogens is 214 g/mol. The first-order valence-electron chi connectivity index (χ1n) is 6.15. The molecule has 1 aliphatic rings. The number of piperidine rings is 1. The number of ketones is 1. The Hall–Kier alpha value is -1.35. The molecule has 1 aromatic rings. The van der Waals surface area contributed by atoms with Crippen molar-refractivity contribution in [3.05, 3.63) is 29.8 Å². The Kier molecular flexibility index (Phi) is 4.15. The quantitative estimate of drug-likeness (QED) is 0.795. The van der Waals surface area contributed by atoms with E-state index in [9.17, 15) is 4.79 Å². The number of nitrogens with zero attached hydrogens (tertiary/aromatic N) is 1. The van der Waals surface area contributed by atoms with E-state index in [1.807, 2.05) is 12.1 Å². The second-order valence-corrected chi connectivity index (χ2v) is 4.52. The van der Waals surface area contributed by atoms with E-state index in [1.54, 1.807) is 7.11 Å². The molecule has 0 spiro atoms. The van der Waals surface area contributed by atoms with Crippen molar-refractivity contribution >= 4 is 5.78 Å². The number of benzene rings is 1. The van der Waals surface area contributed by atoms with Crippen LogP contribution >= 0.6 is 0 Å². The molecule has 1 aromatic carbocycles. The molecule has 0 saturated carbocycles. The number of methoxy groups -OCH3 is 1. The highest BCUT2D eigenvalue weighted by Crippen LogP contribution is 2.14. The van der Waals surface area contributed by atoms with Crippen LogP contribution in [-0.2, 0) is 11.2 Å². The maximum atomic E-state index is 11.3. The van der Waals surface area contributed by atoms with Crippen LogP contribution < -0.4 is 4.74 Å². The number of hydrogen-bond acceptors (Lipinski definition) is 3. The smallest absolute Gasteiger partial charge is 0.146 e. The van der Waals surface area contributed by atoms with Crippen molar-refractivity contribution in [1.82, 2.24) is 4.90 Å². The third kappa shape index (κ3) is 3.56. The molecule has 3 nitrogen and oxygen atoms in total. The van der Waals surface area contributed by atoms with Gasteiger partial charge >= 0.3 is 0 Å². The van der Waals surface area contributed by atoms with Crippen molar-refractivity contribution < 1.29 is 9.53 Å². The largest absolute Gasteiger partial charge is 0.497 e. The number of hydrogen-bond donors (Lipinski definition) is 0. The average Bonchev–Trinajstić information content (AvgIpc) is 2.37. The number of carbonyl (C=O) groups excluding carboxylic acids is 1. The Labute approximate surface area is 102 Å².